The van der Waals surface area contributed by atoms with Crippen molar-refractivity contribution in [3.63, 3.8) is 0 Å². The van der Waals surface area contributed by atoms with Gasteiger partial charge in [-0.05, 0) is 25.8 Å². The summed E-state index contributed by atoms with van der Waals surface area (Å²) < 4.78 is 3.57. The first-order valence-electron chi connectivity index (χ1n) is 8.33. The van der Waals surface area contributed by atoms with E-state index in [0.717, 1.165) is 43.2 Å². The fraction of sp³-hybridized carbons (Fsp3) is 0.438. The largest absolute Gasteiger partial charge is 0.353 e. The van der Waals surface area contributed by atoms with Gasteiger partial charge in [0.1, 0.15) is 11.5 Å². The molecule has 9 nitrogen and oxygen atoms in total. The van der Waals surface area contributed by atoms with Gasteiger partial charge in [0.15, 0.2) is 5.82 Å². The molecule has 0 saturated carbocycles. The molecule has 0 bridgehead atoms. The highest BCUT2D eigenvalue weighted by atomic mass is 16.2. The molecule has 4 heterocycles. The molecule has 130 valence electrons. The average molecular weight is 340 g/mol. The van der Waals surface area contributed by atoms with E-state index in [1.54, 1.807) is 30.2 Å². The Morgan fingerprint density at radius 2 is 2.04 bits per heavy atom. The standard InChI is InChI=1S/C16H20N8O/c1-11-19-20-15-14(17-6-10-24(11)15)23-8-3-12(4-9-23)18-16(25)13-5-7-22(2)21-13/h5-7,10,12H,3-4,8-9H2,1-2H3,(H,18,25). The van der Waals surface area contributed by atoms with Gasteiger partial charge in [-0.2, -0.15) is 5.10 Å². The quantitative estimate of drug-likeness (QED) is 0.749. The molecule has 0 aromatic carbocycles. The van der Waals surface area contributed by atoms with Crippen molar-refractivity contribution in [3.05, 3.63) is 36.2 Å². The first-order valence-corrected chi connectivity index (χ1v) is 8.33. The van der Waals surface area contributed by atoms with Crippen molar-refractivity contribution in [1.82, 2.24) is 34.7 Å². The summed E-state index contributed by atoms with van der Waals surface area (Å²) in [4.78, 5) is 18.9. The molecule has 0 radical (unpaired) electrons. The summed E-state index contributed by atoms with van der Waals surface area (Å²) in [5.41, 5.74) is 1.23. The molecule has 3 aromatic rings. The Labute approximate surface area is 144 Å². The summed E-state index contributed by atoms with van der Waals surface area (Å²) in [6.45, 7) is 3.54. The van der Waals surface area contributed by atoms with Crippen LogP contribution in [0.4, 0.5) is 5.82 Å². The smallest absolute Gasteiger partial charge is 0.271 e. The summed E-state index contributed by atoms with van der Waals surface area (Å²) in [5.74, 6) is 1.57. The topological polar surface area (TPSA) is 93.2 Å². The van der Waals surface area contributed by atoms with Crippen molar-refractivity contribution in [3.8, 4) is 0 Å². The number of piperidine rings is 1. The summed E-state index contributed by atoms with van der Waals surface area (Å²) in [7, 11) is 1.80. The average Bonchev–Trinajstić information content (AvgIpc) is 3.22. The van der Waals surface area contributed by atoms with Crippen LogP contribution in [0.3, 0.4) is 0 Å². The molecule has 25 heavy (non-hydrogen) atoms. The molecule has 1 aliphatic heterocycles. The highest BCUT2D eigenvalue weighted by Gasteiger charge is 2.24. The van der Waals surface area contributed by atoms with Crippen LogP contribution in [0.5, 0.6) is 0 Å². The first kappa shape index (κ1) is 15.6. The van der Waals surface area contributed by atoms with E-state index in [-0.39, 0.29) is 11.9 Å². The Hall–Kier alpha value is -2.97. The minimum Gasteiger partial charge on any atom is -0.353 e. The maximum absolute atomic E-state index is 12.2. The molecule has 0 atom stereocenters. The third kappa shape index (κ3) is 2.92. The SMILES string of the molecule is Cc1nnc2c(N3CCC(NC(=O)c4ccn(C)n4)CC3)nccn12. The predicted molar refractivity (Wildman–Crippen MR) is 91.4 cm³/mol. The molecular formula is C16H20N8O. The van der Waals surface area contributed by atoms with E-state index in [2.05, 4.69) is 30.5 Å². The Kier molecular flexibility index (Phi) is 3.83. The van der Waals surface area contributed by atoms with Crippen LogP contribution in [0, 0.1) is 6.92 Å². The number of rotatable bonds is 3. The van der Waals surface area contributed by atoms with Crippen LogP contribution in [0.25, 0.3) is 5.65 Å². The number of nitrogens with zero attached hydrogens (tertiary/aromatic N) is 7. The number of aryl methyl sites for hydroxylation is 2. The van der Waals surface area contributed by atoms with Gasteiger partial charge in [-0.3, -0.25) is 13.9 Å². The van der Waals surface area contributed by atoms with Crippen LogP contribution in [0.2, 0.25) is 0 Å². The van der Waals surface area contributed by atoms with Crippen LogP contribution in [0.1, 0.15) is 29.2 Å². The summed E-state index contributed by atoms with van der Waals surface area (Å²) in [6, 6.07) is 1.87. The molecule has 1 amide bonds. The molecule has 3 aromatic heterocycles. The molecular weight excluding hydrogens is 320 g/mol. The second kappa shape index (κ2) is 6.15. The summed E-state index contributed by atoms with van der Waals surface area (Å²) >= 11 is 0. The Bertz CT molecular complexity index is 906. The van der Waals surface area contributed by atoms with Gasteiger partial charge >= 0.3 is 0 Å². The van der Waals surface area contributed by atoms with Crippen LogP contribution < -0.4 is 10.2 Å². The number of aromatic nitrogens is 6. The maximum Gasteiger partial charge on any atom is 0.271 e. The molecule has 1 saturated heterocycles. The van der Waals surface area contributed by atoms with Crippen LogP contribution >= 0.6 is 0 Å². The lowest BCUT2D eigenvalue weighted by Gasteiger charge is -2.32. The van der Waals surface area contributed by atoms with Crippen LogP contribution in [-0.2, 0) is 7.05 Å². The summed E-state index contributed by atoms with van der Waals surface area (Å²) in [5, 5.41) is 15.6. The lowest BCUT2D eigenvalue weighted by Crippen LogP contribution is -2.45. The van der Waals surface area contributed by atoms with Crippen LogP contribution in [-0.4, -0.2) is 54.4 Å². The zero-order valence-electron chi connectivity index (χ0n) is 14.3. The van der Waals surface area contributed by atoms with E-state index in [0.29, 0.717) is 5.69 Å². The Morgan fingerprint density at radius 1 is 1.24 bits per heavy atom. The highest BCUT2D eigenvalue weighted by molar-refractivity contribution is 5.92. The third-order valence-electron chi connectivity index (χ3n) is 4.55. The van der Waals surface area contributed by atoms with Gasteiger partial charge < -0.3 is 10.2 Å². The van der Waals surface area contributed by atoms with E-state index in [9.17, 15) is 4.79 Å². The van der Waals surface area contributed by atoms with E-state index in [1.165, 1.54) is 0 Å². The van der Waals surface area contributed by atoms with E-state index < -0.39 is 0 Å². The van der Waals surface area contributed by atoms with Gasteiger partial charge in [0.2, 0.25) is 5.65 Å². The number of hydrogen-bond donors (Lipinski definition) is 1. The number of fused-ring (bicyclic) bond motifs is 1. The lowest BCUT2D eigenvalue weighted by molar-refractivity contribution is 0.0925. The number of amides is 1. The van der Waals surface area contributed by atoms with E-state index in [4.69, 9.17) is 0 Å². The molecule has 1 aliphatic rings. The first-order chi connectivity index (χ1) is 12.1. The monoisotopic (exact) mass is 340 g/mol. The molecule has 0 unspecified atom stereocenters. The van der Waals surface area contributed by atoms with Crippen molar-refractivity contribution in [2.75, 3.05) is 18.0 Å². The van der Waals surface area contributed by atoms with Crippen LogP contribution in [0.15, 0.2) is 24.7 Å². The number of carbonyl (C=O) groups is 1. The normalized spacial score (nSPS) is 15.7. The second-order valence-electron chi connectivity index (χ2n) is 6.30. The minimum atomic E-state index is -0.118. The highest BCUT2D eigenvalue weighted by Crippen LogP contribution is 2.22. The third-order valence-corrected chi connectivity index (χ3v) is 4.55. The molecule has 1 fully saturated rings. The molecule has 9 heteroatoms. The molecule has 1 N–H and O–H groups in total. The molecule has 0 aliphatic carbocycles. The van der Waals surface area contributed by atoms with E-state index >= 15 is 0 Å². The minimum absolute atomic E-state index is 0.118. The number of hydrogen-bond acceptors (Lipinski definition) is 6. The molecule has 4 rings (SSSR count). The van der Waals surface area contributed by atoms with Gasteiger partial charge in [-0.1, -0.05) is 0 Å². The lowest BCUT2D eigenvalue weighted by atomic mass is 10.0. The second-order valence-corrected chi connectivity index (χ2v) is 6.30. The Balaban J connectivity index is 1.42. The van der Waals surface area contributed by atoms with Crippen molar-refractivity contribution >= 4 is 17.4 Å². The number of carbonyl (C=O) groups excluding carboxylic acids is 1. The maximum atomic E-state index is 12.2. The Morgan fingerprint density at radius 3 is 2.76 bits per heavy atom. The number of nitrogens with one attached hydrogen (secondary N) is 1. The fourth-order valence-corrected chi connectivity index (χ4v) is 3.18. The van der Waals surface area contributed by atoms with Gasteiger partial charge in [-0.25, -0.2) is 4.98 Å². The van der Waals surface area contributed by atoms with E-state index in [1.807, 2.05) is 17.5 Å². The van der Waals surface area contributed by atoms with Crippen molar-refractivity contribution in [1.29, 1.82) is 0 Å². The number of anilines is 1. The van der Waals surface area contributed by atoms with Gasteiger partial charge in [0.05, 0.1) is 0 Å². The summed E-state index contributed by atoms with van der Waals surface area (Å²) in [6.07, 6.45) is 7.12. The predicted octanol–water partition coefficient (Wildman–Crippen LogP) is 0.565. The molecule has 0 spiro atoms. The van der Waals surface area contributed by atoms with Gasteiger partial charge in [0.25, 0.3) is 5.91 Å². The fourth-order valence-electron chi connectivity index (χ4n) is 3.18. The van der Waals surface area contributed by atoms with Gasteiger partial charge in [0, 0.05) is 44.8 Å². The zero-order chi connectivity index (χ0) is 17.4. The van der Waals surface area contributed by atoms with Gasteiger partial charge in [-0.15, -0.1) is 10.2 Å². The van der Waals surface area contributed by atoms with Crippen molar-refractivity contribution in [2.24, 2.45) is 7.05 Å². The van der Waals surface area contributed by atoms with Crippen molar-refractivity contribution in [2.45, 2.75) is 25.8 Å². The van der Waals surface area contributed by atoms with Crippen molar-refractivity contribution < 1.29 is 4.79 Å². The zero-order valence-corrected chi connectivity index (χ0v) is 14.3.